The number of hydrogen-bond acceptors (Lipinski definition) is 3. The van der Waals surface area contributed by atoms with Crippen LogP contribution in [0.15, 0.2) is 28.7 Å². The summed E-state index contributed by atoms with van der Waals surface area (Å²) in [6.07, 6.45) is 2.84. The molecule has 0 aliphatic carbocycles. The standard InChI is InChI=1S/C17H21NO3/c1-12-13-7-3-4-8-14(13)21-15(12)11-18-16(19)17(2)9-5-6-10-20-17/h3-4,7-8H,5-6,9-11H2,1-2H3,(H,18,19). The molecule has 0 saturated carbocycles. The molecule has 1 atom stereocenters. The minimum Gasteiger partial charge on any atom is -0.459 e. The van der Waals surface area contributed by atoms with E-state index in [-0.39, 0.29) is 5.91 Å². The Morgan fingerprint density at radius 3 is 2.86 bits per heavy atom. The molecule has 2 heterocycles. The Morgan fingerprint density at radius 2 is 2.14 bits per heavy atom. The minimum atomic E-state index is -0.696. The monoisotopic (exact) mass is 287 g/mol. The zero-order chi connectivity index (χ0) is 14.9. The fourth-order valence-electron chi connectivity index (χ4n) is 2.85. The molecule has 2 aromatic rings. The predicted octanol–water partition coefficient (Wildman–Crippen LogP) is 3.32. The van der Waals surface area contributed by atoms with Gasteiger partial charge in [-0.25, -0.2) is 0 Å². The first-order valence-electron chi connectivity index (χ1n) is 7.49. The highest BCUT2D eigenvalue weighted by Gasteiger charge is 2.35. The SMILES string of the molecule is Cc1c(CNC(=O)C2(C)CCCCO2)oc2ccccc12. The van der Waals surface area contributed by atoms with E-state index in [1.807, 2.05) is 38.1 Å². The molecule has 1 unspecified atom stereocenters. The van der Waals surface area contributed by atoms with Crippen LogP contribution in [0.4, 0.5) is 0 Å². The zero-order valence-corrected chi connectivity index (χ0v) is 12.6. The van der Waals surface area contributed by atoms with E-state index in [9.17, 15) is 4.79 Å². The Labute approximate surface area is 124 Å². The number of benzene rings is 1. The van der Waals surface area contributed by atoms with Gasteiger partial charge < -0.3 is 14.5 Å². The molecule has 112 valence electrons. The maximum Gasteiger partial charge on any atom is 0.252 e. The minimum absolute atomic E-state index is 0.0537. The van der Waals surface area contributed by atoms with E-state index in [1.54, 1.807) is 0 Å². The van der Waals surface area contributed by atoms with Crippen LogP contribution in [-0.2, 0) is 16.1 Å². The summed E-state index contributed by atoms with van der Waals surface area (Å²) in [5.41, 5.74) is 1.25. The molecule has 1 N–H and O–H groups in total. The number of carbonyl (C=O) groups excluding carboxylic acids is 1. The first kappa shape index (κ1) is 14.1. The number of aryl methyl sites for hydroxylation is 1. The number of fused-ring (bicyclic) bond motifs is 1. The van der Waals surface area contributed by atoms with Crippen molar-refractivity contribution in [1.29, 1.82) is 0 Å². The van der Waals surface area contributed by atoms with Crippen LogP contribution in [0.1, 0.15) is 37.5 Å². The lowest BCUT2D eigenvalue weighted by atomic mass is 9.95. The second-order valence-electron chi connectivity index (χ2n) is 5.87. The molecule has 1 aromatic heterocycles. The number of ether oxygens (including phenoxy) is 1. The van der Waals surface area contributed by atoms with Crippen molar-refractivity contribution in [2.45, 2.75) is 45.3 Å². The van der Waals surface area contributed by atoms with Crippen LogP contribution >= 0.6 is 0 Å². The van der Waals surface area contributed by atoms with E-state index in [2.05, 4.69) is 5.32 Å². The lowest BCUT2D eigenvalue weighted by Gasteiger charge is -2.32. The molecule has 1 aliphatic heterocycles. The van der Waals surface area contributed by atoms with Gasteiger partial charge in [0.15, 0.2) is 0 Å². The number of furan rings is 1. The second-order valence-corrected chi connectivity index (χ2v) is 5.87. The summed E-state index contributed by atoms with van der Waals surface area (Å²) in [5.74, 6) is 0.756. The molecule has 1 aliphatic rings. The molecule has 1 amide bonds. The number of rotatable bonds is 3. The quantitative estimate of drug-likeness (QED) is 0.942. The van der Waals surface area contributed by atoms with Crippen molar-refractivity contribution < 1.29 is 13.9 Å². The average molecular weight is 287 g/mol. The summed E-state index contributed by atoms with van der Waals surface area (Å²) in [5, 5.41) is 4.05. The van der Waals surface area contributed by atoms with Gasteiger partial charge in [-0.1, -0.05) is 18.2 Å². The summed E-state index contributed by atoms with van der Waals surface area (Å²) in [4.78, 5) is 12.3. The third kappa shape index (κ3) is 2.68. The van der Waals surface area contributed by atoms with Crippen LogP contribution in [0.2, 0.25) is 0 Å². The third-order valence-corrected chi connectivity index (χ3v) is 4.30. The summed E-state index contributed by atoms with van der Waals surface area (Å²) in [6, 6.07) is 7.92. The summed E-state index contributed by atoms with van der Waals surface area (Å²) in [7, 11) is 0. The van der Waals surface area contributed by atoms with Crippen LogP contribution in [0.5, 0.6) is 0 Å². The van der Waals surface area contributed by atoms with Gasteiger partial charge >= 0.3 is 0 Å². The molecular formula is C17H21NO3. The van der Waals surface area contributed by atoms with Gasteiger partial charge in [0.2, 0.25) is 0 Å². The number of para-hydroxylation sites is 1. The highest BCUT2D eigenvalue weighted by Crippen LogP contribution is 2.26. The Hall–Kier alpha value is -1.81. The summed E-state index contributed by atoms with van der Waals surface area (Å²) < 4.78 is 11.5. The molecule has 1 aromatic carbocycles. The van der Waals surface area contributed by atoms with Gasteiger partial charge in [-0.15, -0.1) is 0 Å². The number of nitrogens with one attached hydrogen (secondary N) is 1. The third-order valence-electron chi connectivity index (χ3n) is 4.30. The molecule has 3 rings (SSSR count). The normalized spacial score (nSPS) is 22.4. The molecule has 0 radical (unpaired) electrons. The summed E-state index contributed by atoms with van der Waals surface area (Å²) >= 11 is 0. The lowest BCUT2D eigenvalue weighted by Crippen LogP contribution is -2.48. The fraction of sp³-hybridized carbons (Fsp3) is 0.471. The van der Waals surface area contributed by atoms with Crippen molar-refractivity contribution >= 4 is 16.9 Å². The van der Waals surface area contributed by atoms with E-state index < -0.39 is 5.60 Å². The van der Waals surface area contributed by atoms with Crippen LogP contribution in [0.3, 0.4) is 0 Å². The second kappa shape index (κ2) is 5.53. The Bertz CT molecular complexity index is 653. The molecule has 0 spiro atoms. The number of hydrogen-bond donors (Lipinski definition) is 1. The van der Waals surface area contributed by atoms with Gasteiger partial charge in [-0.3, -0.25) is 4.79 Å². The van der Waals surface area contributed by atoms with Crippen LogP contribution in [-0.4, -0.2) is 18.1 Å². The molecule has 1 saturated heterocycles. The maximum atomic E-state index is 12.3. The van der Waals surface area contributed by atoms with Crippen molar-refractivity contribution in [3.63, 3.8) is 0 Å². The predicted molar refractivity (Wildman–Crippen MR) is 81.0 cm³/mol. The molecule has 21 heavy (non-hydrogen) atoms. The van der Waals surface area contributed by atoms with Gasteiger partial charge in [0.1, 0.15) is 16.9 Å². The van der Waals surface area contributed by atoms with Crippen LogP contribution in [0, 0.1) is 6.92 Å². The first-order valence-corrected chi connectivity index (χ1v) is 7.49. The Morgan fingerprint density at radius 1 is 1.33 bits per heavy atom. The van der Waals surface area contributed by atoms with Crippen molar-refractivity contribution in [3.8, 4) is 0 Å². The van der Waals surface area contributed by atoms with E-state index in [0.29, 0.717) is 13.2 Å². The van der Waals surface area contributed by atoms with Crippen molar-refractivity contribution in [1.82, 2.24) is 5.32 Å². The first-order chi connectivity index (χ1) is 10.1. The van der Waals surface area contributed by atoms with Gasteiger partial charge in [-0.2, -0.15) is 0 Å². The molecule has 0 bridgehead atoms. The fourth-order valence-corrected chi connectivity index (χ4v) is 2.85. The van der Waals surface area contributed by atoms with E-state index >= 15 is 0 Å². The average Bonchev–Trinajstić information content (AvgIpc) is 2.82. The number of amides is 1. The maximum absolute atomic E-state index is 12.3. The molecule has 1 fully saturated rings. The van der Waals surface area contributed by atoms with E-state index in [1.165, 1.54) is 0 Å². The smallest absolute Gasteiger partial charge is 0.252 e. The topological polar surface area (TPSA) is 51.5 Å². The lowest BCUT2D eigenvalue weighted by molar-refractivity contribution is -0.150. The zero-order valence-electron chi connectivity index (χ0n) is 12.6. The van der Waals surface area contributed by atoms with Crippen molar-refractivity contribution in [2.75, 3.05) is 6.61 Å². The van der Waals surface area contributed by atoms with Gasteiger partial charge in [0.25, 0.3) is 5.91 Å². The Kier molecular flexibility index (Phi) is 3.72. The van der Waals surface area contributed by atoms with Crippen molar-refractivity contribution in [3.05, 3.63) is 35.6 Å². The van der Waals surface area contributed by atoms with Gasteiger partial charge in [-0.05, 0) is 39.2 Å². The highest BCUT2D eigenvalue weighted by molar-refractivity contribution is 5.85. The summed E-state index contributed by atoms with van der Waals surface area (Å²) in [6.45, 7) is 4.95. The number of carbonyl (C=O) groups is 1. The molecule has 4 nitrogen and oxygen atoms in total. The Balaban J connectivity index is 1.71. The van der Waals surface area contributed by atoms with Crippen LogP contribution in [0.25, 0.3) is 11.0 Å². The highest BCUT2D eigenvalue weighted by atomic mass is 16.5. The largest absolute Gasteiger partial charge is 0.459 e. The van der Waals surface area contributed by atoms with Gasteiger partial charge in [0.05, 0.1) is 6.54 Å². The molecule has 4 heteroatoms. The van der Waals surface area contributed by atoms with Crippen LogP contribution < -0.4 is 5.32 Å². The molecular weight excluding hydrogens is 266 g/mol. The van der Waals surface area contributed by atoms with E-state index in [0.717, 1.165) is 41.6 Å². The van der Waals surface area contributed by atoms with Crippen molar-refractivity contribution in [2.24, 2.45) is 0 Å². The van der Waals surface area contributed by atoms with E-state index in [4.69, 9.17) is 9.15 Å². The van der Waals surface area contributed by atoms with Gasteiger partial charge in [0, 0.05) is 17.6 Å².